The molecule has 1 N–H and O–H groups in total. The lowest BCUT2D eigenvalue weighted by Gasteiger charge is -2.16. The molecule has 3 aromatic rings. The Labute approximate surface area is 183 Å². The molecule has 0 aliphatic carbocycles. The van der Waals surface area contributed by atoms with Gasteiger partial charge in [-0.25, -0.2) is 9.78 Å². The molecule has 8 heteroatoms. The fraction of sp³-hybridized carbons (Fsp3) is 0.136. The van der Waals surface area contributed by atoms with Gasteiger partial charge >= 0.3 is 5.97 Å². The number of hydrogen-bond donors (Lipinski definition) is 1. The molecule has 0 unspecified atom stereocenters. The van der Waals surface area contributed by atoms with Crippen LogP contribution in [0.15, 0.2) is 60.8 Å². The minimum Gasteiger partial charge on any atom is -0.465 e. The Hall–Kier alpha value is -3.09. The number of halogens is 2. The number of pyridine rings is 1. The Morgan fingerprint density at radius 3 is 2.43 bits per heavy atom. The molecule has 0 aliphatic rings. The Kier molecular flexibility index (Phi) is 6.92. The van der Waals surface area contributed by atoms with E-state index in [1.807, 2.05) is 6.92 Å². The van der Waals surface area contributed by atoms with Crippen molar-refractivity contribution in [3.8, 4) is 11.6 Å². The summed E-state index contributed by atoms with van der Waals surface area (Å²) in [6, 6.07) is 14.7. The lowest BCUT2D eigenvalue weighted by atomic mass is 10.1. The normalized spacial score (nSPS) is 11.5. The summed E-state index contributed by atoms with van der Waals surface area (Å²) in [6.45, 7) is 1.82. The first-order valence-electron chi connectivity index (χ1n) is 8.95. The van der Waals surface area contributed by atoms with E-state index in [0.717, 1.165) is 5.56 Å². The average Bonchev–Trinajstić information content (AvgIpc) is 2.74. The van der Waals surface area contributed by atoms with Gasteiger partial charge in [0.05, 0.1) is 23.7 Å². The van der Waals surface area contributed by atoms with Crippen molar-refractivity contribution in [1.82, 2.24) is 10.3 Å². The first-order chi connectivity index (χ1) is 14.4. The number of rotatable bonds is 6. The molecule has 0 fully saturated rings. The molecule has 1 atom stereocenters. The van der Waals surface area contributed by atoms with E-state index < -0.39 is 11.9 Å². The van der Waals surface area contributed by atoms with Crippen molar-refractivity contribution >= 4 is 35.1 Å². The summed E-state index contributed by atoms with van der Waals surface area (Å²) >= 11 is 12.0. The topological polar surface area (TPSA) is 77.5 Å². The van der Waals surface area contributed by atoms with Gasteiger partial charge in [0.2, 0.25) is 5.88 Å². The summed E-state index contributed by atoms with van der Waals surface area (Å²) in [6.07, 6.45) is 1.40. The van der Waals surface area contributed by atoms with E-state index in [4.69, 9.17) is 27.9 Å². The number of esters is 1. The molecule has 0 saturated carbocycles. The largest absolute Gasteiger partial charge is 0.465 e. The van der Waals surface area contributed by atoms with Crippen molar-refractivity contribution < 1.29 is 19.1 Å². The molecule has 154 valence electrons. The van der Waals surface area contributed by atoms with Crippen LogP contribution in [-0.2, 0) is 4.74 Å². The number of aromatic nitrogens is 1. The molecule has 0 bridgehead atoms. The smallest absolute Gasteiger partial charge is 0.337 e. The molecule has 0 aliphatic heterocycles. The first kappa shape index (κ1) is 21.6. The first-order valence-corrected chi connectivity index (χ1v) is 9.71. The van der Waals surface area contributed by atoms with Crippen molar-refractivity contribution in [2.45, 2.75) is 13.0 Å². The molecule has 1 amide bonds. The Morgan fingerprint density at radius 1 is 1.03 bits per heavy atom. The van der Waals surface area contributed by atoms with Crippen LogP contribution in [0.1, 0.15) is 39.2 Å². The highest BCUT2D eigenvalue weighted by Gasteiger charge is 2.19. The quantitative estimate of drug-likeness (QED) is 0.510. The molecule has 30 heavy (non-hydrogen) atoms. The van der Waals surface area contributed by atoms with E-state index in [1.54, 1.807) is 48.5 Å². The minimum atomic E-state index is -0.425. The number of methoxy groups -OCH3 is 1. The molecule has 2 aromatic carbocycles. The maximum atomic E-state index is 12.9. The van der Waals surface area contributed by atoms with Crippen LogP contribution in [-0.4, -0.2) is 24.0 Å². The second-order valence-corrected chi connectivity index (χ2v) is 7.25. The van der Waals surface area contributed by atoms with Crippen molar-refractivity contribution in [2.75, 3.05) is 7.11 Å². The predicted molar refractivity (Wildman–Crippen MR) is 114 cm³/mol. The highest BCUT2D eigenvalue weighted by Crippen LogP contribution is 2.27. The number of nitrogens with one attached hydrogen (secondary N) is 1. The second-order valence-electron chi connectivity index (χ2n) is 6.37. The fourth-order valence-electron chi connectivity index (χ4n) is 2.70. The van der Waals surface area contributed by atoms with E-state index in [2.05, 4.69) is 15.0 Å². The lowest BCUT2D eigenvalue weighted by Crippen LogP contribution is -2.27. The van der Waals surface area contributed by atoms with Crippen molar-refractivity contribution in [3.63, 3.8) is 0 Å². The van der Waals surface area contributed by atoms with Gasteiger partial charge in [0, 0.05) is 11.2 Å². The summed E-state index contributed by atoms with van der Waals surface area (Å²) in [5.41, 5.74) is 1.42. The second kappa shape index (κ2) is 9.61. The fourth-order valence-corrected chi connectivity index (χ4v) is 3.03. The van der Waals surface area contributed by atoms with E-state index in [1.165, 1.54) is 19.4 Å². The van der Waals surface area contributed by atoms with Crippen LogP contribution in [0.4, 0.5) is 0 Å². The summed E-state index contributed by atoms with van der Waals surface area (Å²) in [5.74, 6) is -0.289. The Balaban J connectivity index is 1.79. The molecule has 1 heterocycles. The number of nitrogens with zero attached hydrogens (tertiary/aromatic N) is 1. The number of amides is 1. The van der Waals surface area contributed by atoms with Crippen molar-refractivity contribution in [2.24, 2.45) is 0 Å². The third-order valence-corrected chi connectivity index (χ3v) is 4.69. The minimum absolute atomic E-state index is 0.104. The third kappa shape index (κ3) is 5.28. The molecule has 0 radical (unpaired) electrons. The standard InChI is InChI=1S/C22H18Cl2N2O4/c1-13(14-6-8-15(9-7-14)22(28)29-2)26-20(27)19-11-17(24)12-25-21(19)30-18-5-3-4-16(23)10-18/h3-13H,1-2H3,(H,26,27)/t13-/m0/s1. The number of ether oxygens (including phenoxy) is 2. The lowest BCUT2D eigenvalue weighted by molar-refractivity contribution is 0.0600. The number of carbonyl (C=O) groups is 2. The van der Waals surface area contributed by atoms with Crippen LogP contribution in [0, 0.1) is 0 Å². The zero-order chi connectivity index (χ0) is 21.7. The van der Waals surface area contributed by atoms with Gasteiger partial charge < -0.3 is 14.8 Å². The highest BCUT2D eigenvalue weighted by atomic mass is 35.5. The molecule has 1 aromatic heterocycles. The Morgan fingerprint density at radius 2 is 1.77 bits per heavy atom. The Bertz CT molecular complexity index is 1070. The third-order valence-electron chi connectivity index (χ3n) is 4.25. The molecular weight excluding hydrogens is 427 g/mol. The number of benzene rings is 2. The molecule has 0 spiro atoms. The summed E-state index contributed by atoms with van der Waals surface area (Å²) < 4.78 is 10.4. The molecule has 0 saturated heterocycles. The number of hydrogen-bond acceptors (Lipinski definition) is 5. The monoisotopic (exact) mass is 444 g/mol. The molecule has 3 rings (SSSR count). The maximum Gasteiger partial charge on any atom is 0.337 e. The van der Waals surface area contributed by atoms with Crippen molar-refractivity contribution in [3.05, 3.63) is 87.5 Å². The van der Waals surface area contributed by atoms with Gasteiger partial charge in [-0.15, -0.1) is 0 Å². The predicted octanol–water partition coefficient (Wildman–Crippen LogP) is 5.46. The van der Waals surface area contributed by atoms with E-state index in [-0.39, 0.29) is 17.5 Å². The van der Waals surface area contributed by atoms with E-state index in [0.29, 0.717) is 21.4 Å². The van der Waals surface area contributed by atoms with Crippen LogP contribution in [0.5, 0.6) is 11.6 Å². The summed E-state index contributed by atoms with van der Waals surface area (Å²) in [5, 5.41) is 3.68. The zero-order valence-electron chi connectivity index (χ0n) is 16.2. The van der Waals surface area contributed by atoms with Gasteiger partial charge in [0.1, 0.15) is 11.3 Å². The van der Waals surface area contributed by atoms with Crippen LogP contribution in [0.25, 0.3) is 0 Å². The molecular formula is C22H18Cl2N2O4. The van der Waals surface area contributed by atoms with Gasteiger partial charge in [-0.05, 0) is 48.9 Å². The van der Waals surface area contributed by atoms with E-state index >= 15 is 0 Å². The van der Waals surface area contributed by atoms with Gasteiger partial charge in [-0.1, -0.05) is 41.4 Å². The zero-order valence-corrected chi connectivity index (χ0v) is 17.7. The summed E-state index contributed by atoms with van der Waals surface area (Å²) in [7, 11) is 1.32. The van der Waals surface area contributed by atoms with E-state index in [9.17, 15) is 9.59 Å². The van der Waals surface area contributed by atoms with Gasteiger partial charge in [-0.3, -0.25) is 4.79 Å². The molecule has 6 nitrogen and oxygen atoms in total. The van der Waals surface area contributed by atoms with Gasteiger partial charge in [0.15, 0.2) is 0 Å². The van der Waals surface area contributed by atoms with Crippen LogP contribution in [0.2, 0.25) is 10.0 Å². The summed E-state index contributed by atoms with van der Waals surface area (Å²) in [4.78, 5) is 28.6. The SMILES string of the molecule is COC(=O)c1ccc([C@H](C)NC(=O)c2cc(Cl)cnc2Oc2cccc(Cl)c2)cc1. The van der Waals surface area contributed by atoms with Gasteiger partial charge in [0.25, 0.3) is 5.91 Å². The van der Waals surface area contributed by atoms with Crippen LogP contribution < -0.4 is 10.1 Å². The van der Waals surface area contributed by atoms with Gasteiger partial charge in [-0.2, -0.15) is 0 Å². The van der Waals surface area contributed by atoms with Crippen LogP contribution >= 0.6 is 23.2 Å². The average molecular weight is 445 g/mol. The maximum absolute atomic E-state index is 12.9. The highest BCUT2D eigenvalue weighted by molar-refractivity contribution is 6.31. The van der Waals surface area contributed by atoms with Crippen molar-refractivity contribution in [1.29, 1.82) is 0 Å². The van der Waals surface area contributed by atoms with Crippen LogP contribution in [0.3, 0.4) is 0 Å². The number of carbonyl (C=O) groups excluding carboxylic acids is 2.